The lowest BCUT2D eigenvalue weighted by molar-refractivity contribution is -0.122. The SMILES string of the molecule is O=C(CCn1[nH]c(=O)c2ccccc2c1=O)NC1CCCNC1. The van der Waals surface area contributed by atoms with Crippen molar-refractivity contribution < 1.29 is 4.79 Å². The van der Waals surface area contributed by atoms with Gasteiger partial charge in [0.2, 0.25) is 5.91 Å². The van der Waals surface area contributed by atoms with E-state index in [2.05, 4.69) is 15.7 Å². The number of amides is 1. The molecule has 1 fully saturated rings. The van der Waals surface area contributed by atoms with Crippen LogP contribution in [0.3, 0.4) is 0 Å². The molecule has 1 aliphatic heterocycles. The number of H-pyrrole nitrogens is 1. The van der Waals surface area contributed by atoms with E-state index in [0.29, 0.717) is 10.8 Å². The molecule has 0 saturated carbocycles. The summed E-state index contributed by atoms with van der Waals surface area (Å²) in [6.45, 7) is 1.92. The van der Waals surface area contributed by atoms with E-state index in [4.69, 9.17) is 0 Å². The van der Waals surface area contributed by atoms with Gasteiger partial charge in [-0.2, -0.15) is 0 Å². The highest BCUT2D eigenvalue weighted by Crippen LogP contribution is 2.03. The highest BCUT2D eigenvalue weighted by atomic mass is 16.2. The zero-order valence-electron chi connectivity index (χ0n) is 12.8. The number of hydrogen-bond donors (Lipinski definition) is 3. The van der Waals surface area contributed by atoms with E-state index < -0.39 is 0 Å². The van der Waals surface area contributed by atoms with Crippen molar-refractivity contribution in [2.75, 3.05) is 13.1 Å². The van der Waals surface area contributed by atoms with Crippen molar-refractivity contribution in [2.24, 2.45) is 0 Å². The summed E-state index contributed by atoms with van der Waals surface area (Å²) in [5, 5.41) is 9.45. The Labute approximate surface area is 132 Å². The minimum absolute atomic E-state index is 0.111. The number of piperidine rings is 1. The number of fused-ring (bicyclic) bond motifs is 1. The third-order valence-electron chi connectivity index (χ3n) is 4.11. The van der Waals surface area contributed by atoms with Gasteiger partial charge in [-0.3, -0.25) is 19.5 Å². The van der Waals surface area contributed by atoms with Crippen LogP contribution in [0.25, 0.3) is 10.8 Å². The molecule has 2 aromatic rings. The monoisotopic (exact) mass is 316 g/mol. The van der Waals surface area contributed by atoms with E-state index in [1.807, 2.05) is 0 Å². The molecule has 1 aliphatic rings. The van der Waals surface area contributed by atoms with Crippen LogP contribution in [-0.2, 0) is 11.3 Å². The van der Waals surface area contributed by atoms with Crippen LogP contribution >= 0.6 is 0 Å². The molecular formula is C16H20N4O3. The van der Waals surface area contributed by atoms with Gasteiger partial charge in [0, 0.05) is 19.0 Å². The minimum Gasteiger partial charge on any atom is -0.352 e. The molecule has 1 amide bonds. The fourth-order valence-corrected chi connectivity index (χ4v) is 2.89. The van der Waals surface area contributed by atoms with E-state index in [-0.39, 0.29) is 36.0 Å². The summed E-state index contributed by atoms with van der Waals surface area (Å²) < 4.78 is 1.21. The molecule has 122 valence electrons. The van der Waals surface area contributed by atoms with Gasteiger partial charge >= 0.3 is 0 Å². The zero-order chi connectivity index (χ0) is 16.2. The molecule has 23 heavy (non-hydrogen) atoms. The molecular weight excluding hydrogens is 296 g/mol. The van der Waals surface area contributed by atoms with Crippen LogP contribution in [0.4, 0.5) is 0 Å². The Kier molecular flexibility index (Phi) is 4.57. The zero-order valence-corrected chi connectivity index (χ0v) is 12.8. The average molecular weight is 316 g/mol. The lowest BCUT2D eigenvalue weighted by atomic mass is 10.1. The van der Waals surface area contributed by atoms with Gasteiger partial charge in [0.15, 0.2) is 0 Å². The van der Waals surface area contributed by atoms with Crippen molar-refractivity contribution in [3.05, 3.63) is 45.0 Å². The van der Waals surface area contributed by atoms with Gasteiger partial charge in [-0.1, -0.05) is 12.1 Å². The lowest BCUT2D eigenvalue weighted by Gasteiger charge is -2.23. The lowest BCUT2D eigenvalue weighted by Crippen LogP contribution is -2.46. The summed E-state index contributed by atoms with van der Waals surface area (Å²) >= 11 is 0. The third kappa shape index (κ3) is 3.50. The van der Waals surface area contributed by atoms with E-state index in [0.717, 1.165) is 25.9 Å². The maximum Gasteiger partial charge on any atom is 0.273 e. The third-order valence-corrected chi connectivity index (χ3v) is 4.11. The largest absolute Gasteiger partial charge is 0.352 e. The number of benzene rings is 1. The van der Waals surface area contributed by atoms with E-state index >= 15 is 0 Å². The predicted molar refractivity (Wildman–Crippen MR) is 87.5 cm³/mol. The number of rotatable bonds is 4. The van der Waals surface area contributed by atoms with Gasteiger partial charge in [0.05, 0.1) is 17.3 Å². The van der Waals surface area contributed by atoms with Crippen LogP contribution < -0.4 is 21.8 Å². The topological polar surface area (TPSA) is 96.0 Å². The first-order chi connectivity index (χ1) is 11.1. The second-order valence-corrected chi connectivity index (χ2v) is 5.80. The van der Waals surface area contributed by atoms with Crippen LogP contribution in [0.15, 0.2) is 33.9 Å². The maximum atomic E-state index is 12.3. The predicted octanol–water partition coefficient (Wildman–Crippen LogP) is -0.0519. The highest BCUT2D eigenvalue weighted by molar-refractivity contribution is 5.80. The van der Waals surface area contributed by atoms with Gasteiger partial charge in [-0.25, -0.2) is 4.68 Å². The Balaban J connectivity index is 1.69. The molecule has 1 aromatic heterocycles. The maximum absolute atomic E-state index is 12.3. The summed E-state index contributed by atoms with van der Waals surface area (Å²) in [6, 6.07) is 6.81. The van der Waals surface area contributed by atoms with Gasteiger partial charge < -0.3 is 10.6 Å². The second-order valence-electron chi connectivity index (χ2n) is 5.80. The molecule has 0 bridgehead atoms. The quantitative estimate of drug-likeness (QED) is 0.737. The summed E-state index contributed by atoms with van der Waals surface area (Å²) in [6.07, 6.45) is 2.17. The van der Waals surface area contributed by atoms with Gasteiger partial charge in [0.25, 0.3) is 11.1 Å². The number of carbonyl (C=O) groups is 1. The van der Waals surface area contributed by atoms with Crippen LogP contribution in [0, 0.1) is 0 Å². The number of aromatic nitrogens is 2. The Bertz CT molecular complexity index is 818. The number of aryl methyl sites for hydroxylation is 1. The van der Waals surface area contributed by atoms with Crippen molar-refractivity contribution in [3.63, 3.8) is 0 Å². The first-order valence-corrected chi connectivity index (χ1v) is 7.87. The normalized spacial score (nSPS) is 18.0. The van der Waals surface area contributed by atoms with Crippen molar-refractivity contribution in [3.8, 4) is 0 Å². The summed E-state index contributed by atoms with van der Waals surface area (Å²) in [5.41, 5.74) is -0.607. The van der Waals surface area contributed by atoms with Crippen LogP contribution in [0.5, 0.6) is 0 Å². The molecule has 3 N–H and O–H groups in total. The first kappa shape index (κ1) is 15.5. The molecule has 1 unspecified atom stereocenters. The van der Waals surface area contributed by atoms with Gasteiger partial charge in [0.1, 0.15) is 0 Å². The molecule has 2 heterocycles. The smallest absolute Gasteiger partial charge is 0.273 e. The molecule has 0 spiro atoms. The average Bonchev–Trinajstić information content (AvgIpc) is 2.58. The van der Waals surface area contributed by atoms with Gasteiger partial charge in [-0.15, -0.1) is 0 Å². The van der Waals surface area contributed by atoms with E-state index in [9.17, 15) is 14.4 Å². The Morgan fingerprint density at radius 3 is 2.78 bits per heavy atom. The fraction of sp³-hybridized carbons (Fsp3) is 0.438. The molecule has 1 aromatic carbocycles. The molecule has 1 atom stereocenters. The number of hydrogen-bond acceptors (Lipinski definition) is 4. The number of carbonyl (C=O) groups excluding carboxylic acids is 1. The molecule has 0 radical (unpaired) electrons. The Hall–Kier alpha value is -2.41. The number of nitrogens with zero attached hydrogens (tertiary/aromatic N) is 1. The van der Waals surface area contributed by atoms with Crippen LogP contribution in [0.1, 0.15) is 19.3 Å². The highest BCUT2D eigenvalue weighted by Gasteiger charge is 2.15. The Morgan fingerprint density at radius 2 is 2.04 bits per heavy atom. The minimum atomic E-state index is -0.322. The van der Waals surface area contributed by atoms with Crippen LogP contribution in [-0.4, -0.2) is 34.8 Å². The summed E-state index contributed by atoms with van der Waals surface area (Å²) in [4.78, 5) is 36.3. The molecule has 7 nitrogen and oxygen atoms in total. The molecule has 1 saturated heterocycles. The van der Waals surface area contributed by atoms with E-state index in [1.165, 1.54) is 4.68 Å². The van der Waals surface area contributed by atoms with Crippen molar-refractivity contribution in [1.82, 2.24) is 20.4 Å². The van der Waals surface area contributed by atoms with Crippen molar-refractivity contribution in [2.45, 2.75) is 31.8 Å². The Morgan fingerprint density at radius 1 is 1.26 bits per heavy atom. The molecule has 7 heteroatoms. The van der Waals surface area contributed by atoms with E-state index in [1.54, 1.807) is 24.3 Å². The summed E-state index contributed by atoms with van der Waals surface area (Å²) in [5.74, 6) is -0.111. The number of nitrogens with one attached hydrogen (secondary N) is 3. The summed E-state index contributed by atoms with van der Waals surface area (Å²) in [7, 11) is 0. The van der Waals surface area contributed by atoms with Crippen LogP contribution in [0.2, 0.25) is 0 Å². The molecule has 3 rings (SSSR count). The molecule has 0 aliphatic carbocycles. The first-order valence-electron chi connectivity index (χ1n) is 7.87. The van der Waals surface area contributed by atoms with Gasteiger partial charge in [-0.05, 0) is 31.5 Å². The number of aromatic amines is 1. The van der Waals surface area contributed by atoms with Crippen molar-refractivity contribution >= 4 is 16.7 Å². The standard InChI is InChI=1S/C16H20N4O3/c21-14(18-11-4-3-8-17-10-11)7-9-20-16(23)13-6-2-1-5-12(13)15(22)19-20/h1-2,5-6,11,17H,3-4,7-10H2,(H,18,21)(H,19,22). The fourth-order valence-electron chi connectivity index (χ4n) is 2.89. The van der Waals surface area contributed by atoms with Crippen molar-refractivity contribution in [1.29, 1.82) is 0 Å². The second kappa shape index (κ2) is 6.78.